The Hall–Kier alpha value is -2.05. The number of nitrogens with one attached hydrogen (secondary N) is 1. The molecule has 0 spiro atoms. The van der Waals surface area contributed by atoms with Crippen LogP contribution in [-0.2, 0) is 17.9 Å². The summed E-state index contributed by atoms with van der Waals surface area (Å²) in [6.07, 6.45) is 4.00. The minimum absolute atomic E-state index is 0.205. The summed E-state index contributed by atoms with van der Waals surface area (Å²) in [6, 6.07) is -1.18. The van der Waals surface area contributed by atoms with Crippen molar-refractivity contribution in [3.05, 3.63) is 18.2 Å². The minimum atomic E-state index is -0.995. The highest BCUT2D eigenvalue weighted by Gasteiger charge is 2.26. The summed E-state index contributed by atoms with van der Waals surface area (Å²) in [5.74, 6) is 0.0318. The van der Waals surface area contributed by atoms with Crippen LogP contribution in [0.4, 0.5) is 4.79 Å². The van der Waals surface area contributed by atoms with Crippen LogP contribution in [0.3, 0.4) is 0 Å². The van der Waals surface area contributed by atoms with Crippen LogP contribution in [-0.4, -0.2) is 44.1 Å². The second-order valence-corrected chi connectivity index (χ2v) is 5.43. The van der Waals surface area contributed by atoms with Gasteiger partial charge in [0.05, 0.1) is 6.54 Å². The average molecular weight is 280 g/mol. The van der Waals surface area contributed by atoms with Gasteiger partial charge in [-0.1, -0.05) is 13.8 Å². The number of hydrogen-bond acceptors (Lipinski definition) is 3. The lowest BCUT2D eigenvalue weighted by atomic mass is 10.0. The van der Waals surface area contributed by atoms with Gasteiger partial charge in [-0.25, -0.2) is 14.6 Å². The molecule has 20 heavy (non-hydrogen) atoms. The van der Waals surface area contributed by atoms with Gasteiger partial charge in [0, 0.05) is 25.5 Å². The van der Waals surface area contributed by atoms with Crippen molar-refractivity contribution in [2.24, 2.45) is 5.92 Å². The minimum Gasteiger partial charge on any atom is -0.480 e. The van der Waals surface area contributed by atoms with E-state index in [2.05, 4.69) is 10.3 Å². The second kappa shape index (κ2) is 5.94. The summed E-state index contributed by atoms with van der Waals surface area (Å²) in [7, 11) is 0. The van der Waals surface area contributed by atoms with Crippen molar-refractivity contribution in [2.75, 3.05) is 6.54 Å². The molecule has 0 aliphatic carbocycles. The lowest BCUT2D eigenvalue weighted by molar-refractivity contribution is -0.139. The van der Waals surface area contributed by atoms with E-state index in [-0.39, 0.29) is 11.9 Å². The van der Waals surface area contributed by atoms with Crippen molar-refractivity contribution >= 4 is 12.0 Å². The van der Waals surface area contributed by atoms with E-state index < -0.39 is 12.0 Å². The van der Waals surface area contributed by atoms with Gasteiger partial charge >= 0.3 is 12.0 Å². The Labute approximate surface area is 117 Å². The maximum absolute atomic E-state index is 12.1. The van der Waals surface area contributed by atoms with E-state index in [0.717, 1.165) is 5.82 Å². The van der Waals surface area contributed by atoms with Crippen LogP contribution in [0.25, 0.3) is 0 Å². The fourth-order valence-electron chi connectivity index (χ4n) is 2.28. The van der Waals surface area contributed by atoms with Crippen molar-refractivity contribution in [2.45, 2.75) is 39.4 Å². The zero-order valence-electron chi connectivity index (χ0n) is 11.7. The predicted molar refractivity (Wildman–Crippen MR) is 72.0 cm³/mol. The number of imidazole rings is 1. The molecule has 0 bridgehead atoms. The number of carbonyl (C=O) groups is 2. The normalized spacial score (nSPS) is 15.8. The highest BCUT2D eigenvalue weighted by atomic mass is 16.4. The fourth-order valence-corrected chi connectivity index (χ4v) is 2.28. The van der Waals surface area contributed by atoms with E-state index in [1.807, 2.05) is 24.6 Å². The first kappa shape index (κ1) is 14.4. The molecule has 2 N–H and O–H groups in total. The molecule has 1 aliphatic rings. The summed E-state index contributed by atoms with van der Waals surface area (Å²) in [5.41, 5.74) is 0. The Morgan fingerprint density at radius 2 is 2.20 bits per heavy atom. The number of carbonyl (C=O) groups excluding carboxylic acids is 1. The molecular weight excluding hydrogens is 260 g/mol. The molecule has 0 saturated heterocycles. The monoisotopic (exact) mass is 280 g/mol. The average Bonchev–Trinajstić information content (AvgIpc) is 2.84. The van der Waals surface area contributed by atoms with E-state index in [1.54, 1.807) is 11.1 Å². The van der Waals surface area contributed by atoms with Crippen LogP contribution in [0.5, 0.6) is 0 Å². The van der Waals surface area contributed by atoms with Crippen LogP contribution >= 0.6 is 0 Å². The lowest BCUT2D eigenvalue weighted by Gasteiger charge is -2.29. The van der Waals surface area contributed by atoms with Crippen LogP contribution in [0.2, 0.25) is 0 Å². The largest absolute Gasteiger partial charge is 0.480 e. The third kappa shape index (κ3) is 3.28. The number of carboxylic acid groups (broad SMARTS) is 1. The molecular formula is C13H20N4O3. The molecule has 0 saturated carbocycles. The van der Waals surface area contributed by atoms with Gasteiger partial charge in [0.25, 0.3) is 0 Å². The molecule has 0 radical (unpaired) electrons. The summed E-state index contributed by atoms with van der Waals surface area (Å²) in [5, 5.41) is 11.7. The summed E-state index contributed by atoms with van der Waals surface area (Å²) < 4.78 is 1.99. The van der Waals surface area contributed by atoms with E-state index in [4.69, 9.17) is 5.11 Å². The molecule has 7 heteroatoms. The third-order valence-electron chi connectivity index (χ3n) is 3.33. The van der Waals surface area contributed by atoms with E-state index in [0.29, 0.717) is 26.1 Å². The van der Waals surface area contributed by atoms with Gasteiger partial charge in [0.15, 0.2) is 0 Å². The SMILES string of the molecule is CC(C)CC(NC(=O)N1CCn2ccnc2C1)C(=O)O. The molecule has 1 unspecified atom stereocenters. The maximum Gasteiger partial charge on any atom is 0.326 e. The van der Waals surface area contributed by atoms with Crippen molar-refractivity contribution in [1.29, 1.82) is 0 Å². The first-order valence-electron chi connectivity index (χ1n) is 6.75. The first-order valence-corrected chi connectivity index (χ1v) is 6.75. The van der Waals surface area contributed by atoms with E-state index in [1.165, 1.54) is 0 Å². The predicted octanol–water partition coefficient (Wildman–Crippen LogP) is 0.908. The Bertz CT molecular complexity index is 498. The Balaban J connectivity index is 1.96. The standard InChI is InChI=1S/C13H20N4O3/c1-9(2)7-10(12(18)19)15-13(20)17-6-5-16-4-3-14-11(16)8-17/h3-4,9-10H,5-8H2,1-2H3,(H,15,20)(H,18,19). The molecule has 0 fully saturated rings. The van der Waals surface area contributed by atoms with Crippen LogP contribution in [0.15, 0.2) is 12.4 Å². The quantitative estimate of drug-likeness (QED) is 0.858. The van der Waals surface area contributed by atoms with Gasteiger partial charge in [-0.05, 0) is 12.3 Å². The summed E-state index contributed by atoms with van der Waals surface area (Å²) in [6.45, 7) is 5.51. The van der Waals surface area contributed by atoms with E-state index >= 15 is 0 Å². The third-order valence-corrected chi connectivity index (χ3v) is 3.33. The van der Waals surface area contributed by atoms with Crippen LogP contribution < -0.4 is 5.32 Å². The molecule has 0 aromatic carbocycles. The second-order valence-electron chi connectivity index (χ2n) is 5.43. The molecule has 1 aliphatic heterocycles. The number of hydrogen-bond donors (Lipinski definition) is 2. The van der Waals surface area contributed by atoms with Gasteiger partial charge < -0.3 is 19.9 Å². The molecule has 2 amide bonds. The van der Waals surface area contributed by atoms with Gasteiger partial charge in [-0.3, -0.25) is 0 Å². The molecule has 7 nitrogen and oxygen atoms in total. The molecule has 1 atom stereocenters. The summed E-state index contributed by atoms with van der Waals surface area (Å²) in [4.78, 5) is 29.1. The first-order chi connectivity index (χ1) is 9.47. The number of carboxylic acids is 1. The zero-order valence-corrected chi connectivity index (χ0v) is 11.7. The van der Waals surface area contributed by atoms with E-state index in [9.17, 15) is 9.59 Å². The van der Waals surface area contributed by atoms with Gasteiger partial charge in [0.1, 0.15) is 11.9 Å². The number of fused-ring (bicyclic) bond motifs is 1. The molecule has 2 heterocycles. The number of amides is 2. The van der Waals surface area contributed by atoms with Crippen molar-refractivity contribution < 1.29 is 14.7 Å². The molecule has 1 aromatic heterocycles. The Kier molecular flexibility index (Phi) is 4.26. The number of aliphatic carboxylic acids is 1. The lowest BCUT2D eigenvalue weighted by Crippen LogP contribution is -2.50. The summed E-state index contributed by atoms with van der Waals surface area (Å²) >= 11 is 0. The number of nitrogens with zero attached hydrogens (tertiary/aromatic N) is 3. The maximum atomic E-state index is 12.1. The Morgan fingerprint density at radius 1 is 1.45 bits per heavy atom. The van der Waals surface area contributed by atoms with Crippen molar-refractivity contribution in [1.82, 2.24) is 19.8 Å². The van der Waals surface area contributed by atoms with Gasteiger partial charge in [-0.15, -0.1) is 0 Å². The zero-order chi connectivity index (χ0) is 14.7. The highest BCUT2D eigenvalue weighted by molar-refractivity contribution is 5.82. The number of rotatable bonds is 4. The van der Waals surface area contributed by atoms with Gasteiger partial charge in [-0.2, -0.15) is 0 Å². The van der Waals surface area contributed by atoms with Gasteiger partial charge in [0.2, 0.25) is 0 Å². The highest BCUT2D eigenvalue weighted by Crippen LogP contribution is 2.11. The topological polar surface area (TPSA) is 87.5 Å². The molecule has 2 rings (SSSR count). The molecule has 110 valence electrons. The van der Waals surface area contributed by atoms with Crippen LogP contribution in [0.1, 0.15) is 26.1 Å². The smallest absolute Gasteiger partial charge is 0.326 e. The molecule has 1 aromatic rings. The van der Waals surface area contributed by atoms with Crippen LogP contribution in [0, 0.1) is 5.92 Å². The van der Waals surface area contributed by atoms with Crippen molar-refractivity contribution in [3.63, 3.8) is 0 Å². The number of urea groups is 1. The Morgan fingerprint density at radius 3 is 2.85 bits per heavy atom. The van der Waals surface area contributed by atoms with Crippen molar-refractivity contribution in [3.8, 4) is 0 Å². The fraction of sp³-hybridized carbons (Fsp3) is 0.615. The number of aromatic nitrogens is 2.